The maximum absolute atomic E-state index is 14.7. The second kappa shape index (κ2) is 11.3. The molecule has 2 nitrogen and oxygen atoms in total. The fourth-order valence-corrected chi connectivity index (χ4v) is 10.5. The molecule has 5 aromatic carbocycles. The first-order valence-corrected chi connectivity index (χ1v) is 15.4. The van der Waals surface area contributed by atoms with Gasteiger partial charge in [-0.2, -0.15) is 0 Å². The maximum Gasteiger partial charge on any atom is 0.200 e. The molecule has 0 atom stereocenters. The van der Waals surface area contributed by atoms with Crippen LogP contribution in [-0.2, 0) is 4.79 Å². The molecule has 5 aromatic rings. The van der Waals surface area contributed by atoms with E-state index in [0.29, 0.717) is 16.3 Å². The molecule has 0 aromatic heterocycles. The number of halogens is 5. The lowest BCUT2D eigenvalue weighted by Gasteiger charge is -2.37. The third-order valence-corrected chi connectivity index (χ3v) is 12.4. The fourth-order valence-electron chi connectivity index (χ4n) is 5.69. The summed E-state index contributed by atoms with van der Waals surface area (Å²) in [7, 11) is -3.33. The van der Waals surface area contributed by atoms with Crippen molar-refractivity contribution in [2.45, 2.75) is 0 Å². The molecule has 0 unspecified atom stereocenters. The molecule has 6 rings (SSSR count). The van der Waals surface area contributed by atoms with Crippen LogP contribution in [0.2, 0.25) is 0 Å². The van der Waals surface area contributed by atoms with Crippen molar-refractivity contribution >= 4 is 46.8 Å². The van der Waals surface area contributed by atoms with Crippen molar-refractivity contribution in [1.29, 1.82) is 0 Å². The summed E-state index contributed by atoms with van der Waals surface area (Å²) < 4.78 is 70.8. The van der Waals surface area contributed by atoms with Crippen molar-refractivity contribution < 1.29 is 26.7 Å². The molecule has 0 fully saturated rings. The average molecular weight is 596 g/mol. The predicted octanol–water partition coefficient (Wildman–Crippen LogP) is 6.51. The van der Waals surface area contributed by atoms with Crippen LogP contribution in [-0.4, -0.2) is 13.9 Å². The van der Waals surface area contributed by atoms with Gasteiger partial charge in [0.25, 0.3) is 0 Å². The highest BCUT2D eigenvalue weighted by molar-refractivity contribution is 7.19. The smallest absolute Gasteiger partial charge is 0.200 e. The molecular formula is C35H22F5NOSi. The zero-order valence-electron chi connectivity index (χ0n) is 22.4. The Morgan fingerprint density at radius 1 is 0.535 bits per heavy atom. The molecule has 8 heteroatoms. The SMILES string of the molecule is O=C1C([Si](c2ccccc2)(c2ccccc2)c2ccccc2)=Cc2ccccc2/C1=C/Nc1c(F)c(F)c(F)c(F)c1F. The molecule has 212 valence electrons. The number of ketones is 1. The standard InChI is InChI=1S/C35H22F5NOSi/c36-29-30(37)32(39)34(33(40)31(29)38)41-21-27-26-19-11-10-12-22(26)20-28(35(27)42)43(23-13-4-1-5-14-23,24-15-6-2-7-16-24)25-17-8-3-9-18-25/h1-21,41H/b27-21-. The van der Waals surface area contributed by atoms with Gasteiger partial charge in [0.15, 0.2) is 37.1 Å². The minimum Gasteiger partial charge on any atom is -0.356 e. The Bertz CT molecular complexity index is 1780. The second-order valence-corrected chi connectivity index (χ2v) is 13.7. The molecule has 0 amide bonds. The number of allylic oxidation sites excluding steroid dienone is 2. The normalized spacial score (nSPS) is 13.9. The van der Waals surface area contributed by atoms with Gasteiger partial charge in [-0.25, -0.2) is 22.0 Å². The molecule has 0 aliphatic heterocycles. The van der Waals surface area contributed by atoms with Crippen LogP contribution in [0.25, 0.3) is 11.6 Å². The molecule has 43 heavy (non-hydrogen) atoms. The van der Waals surface area contributed by atoms with Crippen LogP contribution in [0.3, 0.4) is 0 Å². The first kappa shape index (κ1) is 28.1. The summed E-state index contributed by atoms with van der Waals surface area (Å²) in [6.07, 6.45) is 2.87. The fraction of sp³-hybridized carbons (Fsp3) is 0. The first-order valence-electron chi connectivity index (χ1n) is 13.4. The monoisotopic (exact) mass is 595 g/mol. The molecule has 1 aliphatic carbocycles. The Labute approximate surface area is 245 Å². The number of carbonyl (C=O) groups excluding carboxylic acids is 1. The van der Waals surface area contributed by atoms with Gasteiger partial charge in [-0.1, -0.05) is 121 Å². The lowest BCUT2D eigenvalue weighted by Crippen LogP contribution is -2.70. The van der Waals surface area contributed by atoms with Gasteiger partial charge in [0, 0.05) is 17.0 Å². The van der Waals surface area contributed by atoms with E-state index in [9.17, 15) is 26.7 Å². The van der Waals surface area contributed by atoms with Crippen LogP contribution in [0, 0.1) is 29.1 Å². The van der Waals surface area contributed by atoms with Gasteiger partial charge in [-0.05, 0) is 26.7 Å². The minimum atomic E-state index is -3.33. The number of nitrogens with one attached hydrogen (secondary N) is 1. The van der Waals surface area contributed by atoms with Gasteiger partial charge in [-0.15, -0.1) is 0 Å². The van der Waals surface area contributed by atoms with E-state index in [1.165, 1.54) is 0 Å². The lowest BCUT2D eigenvalue weighted by molar-refractivity contribution is -0.110. The molecular weight excluding hydrogens is 573 g/mol. The summed E-state index contributed by atoms with van der Waals surface area (Å²) in [5.74, 6) is -10.9. The number of Topliss-reactive ketones (excluding diaryl/α,β-unsaturated/α-hetero) is 1. The maximum atomic E-state index is 14.7. The summed E-state index contributed by atoms with van der Waals surface area (Å²) in [6.45, 7) is 0. The quantitative estimate of drug-likeness (QED) is 0.0606. The van der Waals surface area contributed by atoms with Gasteiger partial charge < -0.3 is 5.32 Å². The summed E-state index contributed by atoms with van der Waals surface area (Å²) >= 11 is 0. The Morgan fingerprint density at radius 2 is 0.953 bits per heavy atom. The number of fused-ring (bicyclic) bond motifs is 1. The van der Waals surface area contributed by atoms with Crippen molar-refractivity contribution in [1.82, 2.24) is 0 Å². The van der Waals surface area contributed by atoms with Gasteiger partial charge in [-0.3, -0.25) is 4.79 Å². The zero-order valence-corrected chi connectivity index (χ0v) is 23.4. The number of benzene rings is 5. The van der Waals surface area contributed by atoms with Gasteiger partial charge in [0.2, 0.25) is 5.82 Å². The van der Waals surface area contributed by atoms with Crippen molar-refractivity contribution in [3.05, 3.63) is 167 Å². The van der Waals surface area contributed by atoms with Gasteiger partial charge >= 0.3 is 0 Å². The molecule has 1 aliphatic rings. The zero-order chi connectivity index (χ0) is 30.1. The molecule has 0 saturated carbocycles. The Balaban J connectivity index is 1.63. The van der Waals surface area contributed by atoms with Crippen LogP contribution in [0.5, 0.6) is 0 Å². The van der Waals surface area contributed by atoms with E-state index >= 15 is 0 Å². The van der Waals surface area contributed by atoms with Crippen LogP contribution >= 0.6 is 0 Å². The van der Waals surface area contributed by atoms with Crippen molar-refractivity contribution in [2.75, 3.05) is 5.32 Å². The third-order valence-electron chi connectivity index (χ3n) is 7.64. The summed E-state index contributed by atoms with van der Waals surface area (Å²) in [4.78, 5) is 14.7. The average Bonchev–Trinajstić information content (AvgIpc) is 3.06. The first-order chi connectivity index (χ1) is 20.9. The molecule has 0 radical (unpaired) electrons. The largest absolute Gasteiger partial charge is 0.356 e. The van der Waals surface area contributed by atoms with Crippen LogP contribution < -0.4 is 20.9 Å². The number of rotatable bonds is 6. The summed E-state index contributed by atoms with van der Waals surface area (Å²) in [5.41, 5.74) is -0.105. The van der Waals surface area contributed by atoms with Crippen LogP contribution in [0.4, 0.5) is 27.6 Å². The number of hydrogen-bond acceptors (Lipinski definition) is 2. The van der Waals surface area contributed by atoms with E-state index in [-0.39, 0.29) is 5.57 Å². The topological polar surface area (TPSA) is 29.1 Å². The minimum absolute atomic E-state index is 0.0247. The van der Waals surface area contributed by atoms with Gasteiger partial charge in [0.05, 0.1) is 0 Å². The van der Waals surface area contributed by atoms with Gasteiger partial charge in [0.1, 0.15) is 5.69 Å². The molecule has 0 heterocycles. The van der Waals surface area contributed by atoms with Crippen molar-refractivity contribution in [3.63, 3.8) is 0 Å². The second-order valence-electron chi connectivity index (χ2n) is 9.97. The van der Waals surface area contributed by atoms with Crippen molar-refractivity contribution in [2.24, 2.45) is 0 Å². The Hall–Kier alpha value is -5.08. The number of carbonyl (C=O) groups is 1. The number of hydrogen-bond donors (Lipinski definition) is 1. The summed E-state index contributed by atoms with van der Waals surface area (Å²) in [6, 6.07) is 36.0. The highest BCUT2D eigenvalue weighted by Gasteiger charge is 2.47. The van der Waals surface area contributed by atoms with E-state index in [0.717, 1.165) is 21.8 Å². The Morgan fingerprint density at radius 3 is 1.44 bits per heavy atom. The molecule has 0 spiro atoms. The summed E-state index contributed by atoms with van der Waals surface area (Å²) in [5, 5.41) is 5.49. The van der Waals surface area contributed by atoms with E-state index in [1.807, 2.05) is 103 Å². The van der Waals surface area contributed by atoms with Crippen molar-refractivity contribution in [3.8, 4) is 0 Å². The molecule has 0 saturated heterocycles. The van der Waals surface area contributed by atoms with E-state index in [2.05, 4.69) is 5.32 Å². The number of anilines is 1. The third kappa shape index (κ3) is 4.60. The van der Waals surface area contributed by atoms with E-state index in [1.54, 1.807) is 18.2 Å². The molecule has 0 bridgehead atoms. The van der Waals surface area contributed by atoms with E-state index in [4.69, 9.17) is 0 Å². The van der Waals surface area contributed by atoms with Crippen LogP contribution in [0.15, 0.2) is 127 Å². The highest BCUT2D eigenvalue weighted by Crippen LogP contribution is 2.35. The predicted molar refractivity (Wildman–Crippen MR) is 161 cm³/mol. The van der Waals surface area contributed by atoms with E-state index < -0.39 is 48.6 Å². The lowest BCUT2D eigenvalue weighted by atomic mass is 9.92. The highest BCUT2D eigenvalue weighted by atomic mass is 28.3. The molecule has 1 N–H and O–H groups in total. The Kier molecular flexibility index (Phi) is 7.37. The van der Waals surface area contributed by atoms with Crippen LogP contribution in [0.1, 0.15) is 11.1 Å².